The Hall–Kier alpha value is -2.80. The van der Waals surface area contributed by atoms with E-state index in [0.717, 1.165) is 17.2 Å². The molecule has 116 valence electrons. The highest BCUT2D eigenvalue weighted by molar-refractivity contribution is 7.00. The fourth-order valence-electron chi connectivity index (χ4n) is 2.05. The van der Waals surface area contributed by atoms with Crippen molar-refractivity contribution in [1.29, 1.82) is 0 Å². The molecule has 0 aliphatic heterocycles. The molecule has 7 heteroatoms. The Morgan fingerprint density at radius 3 is 2.52 bits per heavy atom. The van der Waals surface area contributed by atoms with Crippen LogP contribution in [0.2, 0.25) is 0 Å². The number of benzene rings is 2. The minimum atomic E-state index is -0.237. The Balaban J connectivity index is 1.76. The smallest absolute Gasteiger partial charge is 0.255 e. The normalized spacial score (nSPS) is 10.5. The number of aromatic nitrogens is 2. The van der Waals surface area contributed by atoms with Crippen LogP contribution in [0.1, 0.15) is 23.7 Å². The van der Waals surface area contributed by atoms with Gasteiger partial charge in [-0.25, -0.2) is 0 Å². The summed E-state index contributed by atoms with van der Waals surface area (Å²) >= 11 is 1.12. The summed E-state index contributed by atoms with van der Waals surface area (Å²) in [5, 5.41) is 5.57. The number of rotatable bonds is 4. The zero-order chi connectivity index (χ0) is 16.2. The van der Waals surface area contributed by atoms with E-state index in [2.05, 4.69) is 19.4 Å². The van der Waals surface area contributed by atoms with Crippen molar-refractivity contribution in [3.63, 3.8) is 0 Å². The average molecular weight is 326 g/mol. The molecule has 1 heterocycles. The second-order valence-corrected chi connectivity index (χ2v) is 5.43. The predicted molar refractivity (Wildman–Crippen MR) is 90.7 cm³/mol. The molecule has 2 amide bonds. The molecule has 0 atom stereocenters. The lowest BCUT2D eigenvalue weighted by Crippen LogP contribution is -2.13. The summed E-state index contributed by atoms with van der Waals surface area (Å²) in [4.78, 5) is 23.8. The number of anilines is 2. The van der Waals surface area contributed by atoms with E-state index in [0.29, 0.717) is 28.9 Å². The molecular weight excluding hydrogens is 312 g/mol. The third-order valence-electron chi connectivity index (χ3n) is 3.24. The monoisotopic (exact) mass is 326 g/mol. The Kier molecular flexibility index (Phi) is 4.29. The fourth-order valence-corrected chi connectivity index (χ4v) is 2.57. The fraction of sp³-hybridized carbons (Fsp3) is 0.125. The number of hydrogen-bond donors (Lipinski definition) is 2. The zero-order valence-electron chi connectivity index (χ0n) is 12.4. The van der Waals surface area contributed by atoms with Gasteiger partial charge in [-0.15, -0.1) is 0 Å². The number of hydrogen-bond acceptors (Lipinski definition) is 5. The largest absolute Gasteiger partial charge is 0.326 e. The van der Waals surface area contributed by atoms with E-state index in [1.807, 2.05) is 0 Å². The maximum absolute atomic E-state index is 12.3. The molecule has 2 N–H and O–H groups in total. The molecule has 0 aliphatic rings. The number of nitrogens with zero attached hydrogens (tertiary/aromatic N) is 2. The lowest BCUT2D eigenvalue weighted by atomic mass is 10.2. The summed E-state index contributed by atoms with van der Waals surface area (Å²) in [6.45, 7) is 1.78. The van der Waals surface area contributed by atoms with Crippen molar-refractivity contribution in [2.24, 2.45) is 0 Å². The van der Waals surface area contributed by atoms with E-state index in [1.54, 1.807) is 49.4 Å². The molecule has 0 radical (unpaired) electrons. The van der Waals surface area contributed by atoms with Gasteiger partial charge in [-0.2, -0.15) is 8.75 Å². The molecule has 0 saturated heterocycles. The highest BCUT2D eigenvalue weighted by Crippen LogP contribution is 2.18. The Bertz CT molecular complexity index is 875. The molecule has 3 rings (SSSR count). The lowest BCUT2D eigenvalue weighted by Gasteiger charge is -2.08. The van der Waals surface area contributed by atoms with Crippen molar-refractivity contribution >= 4 is 46.0 Å². The van der Waals surface area contributed by atoms with Gasteiger partial charge in [0.15, 0.2) is 0 Å². The van der Waals surface area contributed by atoms with Gasteiger partial charge < -0.3 is 10.6 Å². The molecule has 2 aromatic carbocycles. The Morgan fingerprint density at radius 2 is 1.74 bits per heavy atom. The standard InChI is InChI=1S/C16H14N4O2S/c1-2-15(21)17-11-4-3-5-12(9-11)18-16(22)10-6-7-13-14(8-10)20-23-19-13/h3-9H,2H2,1H3,(H,17,21)(H,18,22). The summed E-state index contributed by atoms with van der Waals surface area (Å²) in [5.41, 5.74) is 3.24. The lowest BCUT2D eigenvalue weighted by molar-refractivity contribution is -0.115. The number of carbonyl (C=O) groups excluding carboxylic acids is 2. The van der Waals surface area contributed by atoms with Crippen LogP contribution in [0.3, 0.4) is 0 Å². The number of fused-ring (bicyclic) bond motifs is 1. The molecule has 1 aromatic heterocycles. The maximum atomic E-state index is 12.3. The minimum Gasteiger partial charge on any atom is -0.326 e. The van der Waals surface area contributed by atoms with Crippen molar-refractivity contribution in [2.45, 2.75) is 13.3 Å². The van der Waals surface area contributed by atoms with Crippen molar-refractivity contribution in [2.75, 3.05) is 10.6 Å². The number of amides is 2. The van der Waals surface area contributed by atoms with E-state index in [1.165, 1.54) is 0 Å². The summed E-state index contributed by atoms with van der Waals surface area (Å²) in [6, 6.07) is 12.2. The van der Waals surface area contributed by atoms with E-state index >= 15 is 0 Å². The van der Waals surface area contributed by atoms with Crippen molar-refractivity contribution in [1.82, 2.24) is 8.75 Å². The van der Waals surface area contributed by atoms with Crippen LogP contribution in [0.4, 0.5) is 11.4 Å². The Morgan fingerprint density at radius 1 is 1.00 bits per heavy atom. The molecule has 6 nitrogen and oxygen atoms in total. The predicted octanol–water partition coefficient (Wildman–Crippen LogP) is 3.29. The first kappa shape index (κ1) is 15.1. The molecule has 0 bridgehead atoms. The second kappa shape index (κ2) is 6.53. The van der Waals surface area contributed by atoms with Crippen LogP contribution in [0, 0.1) is 0 Å². The topological polar surface area (TPSA) is 84.0 Å². The quantitative estimate of drug-likeness (QED) is 0.770. The van der Waals surface area contributed by atoms with Crippen LogP contribution in [0.15, 0.2) is 42.5 Å². The first-order chi connectivity index (χ1) is 11.2. The van der Waals surface area contributed by atoms with Crippen LogP contribution in [0.25, 0.3) is 11.0 Å². The van der Waals surface area contributed by atoms with Gasteiger partial charge in [-0.1, -0.05) is 13.0 Å². The summed E-state index contributed by atoms with van der Waals surface area (Å²) in [7, 11) is 0. The highest BCUT2D eigenvalue weighted by atomic mass is 32.1. The van der Waals surface area contributed by atoms with E-state index < -0.39 is 0 Å². The molecule has 0 fully saturated rings. The molecular formula is C16H14N4O2S. The number of carbonyl (C=O) groups is 2. The highest BCUT2D eigenvalue weighted by Gasteiger charge is 2.09. The maximum Gasteiger partial charge on any atom is 0.255 e. The first-order valence-electron chi connectivity index (χ1n) is 7.09. The van der Waals surface area contributed by atoms with Crippen LogP contribution >= 0.6 is 11.7 Å². The first-order valence-corrected chi connectivity index (χ1v) is 7.82. The van der Waals surface area contributed by atoms with Crippen molar-refractivity contribution < 1.29 is 9.59 Å². The van der Waals surface area contributed by atoms with Crippen molar-refractivity contribution in [3.05, 3.63) is 48.0 Å². The van der Waals surface area contributed by atoms with E-state index in [-0.39, 0.29) is 11.8 Å². The average Bonchev–Trinajstić information content (AvgIpc) is 3.02. The third kappa shape index (κ3) is 3.51. The molecule has 0 spiro atoms. The van der Waals surface area contributed by atoms with Crippen LogP contribution in [-0.2, 0) is 4.79 Å². The van der Waals surface area contributed by atoms with E-state index in [9.17, 15) is 9.59 Å². The molecule has 3 aromatic rings. The van der Waals surface area contributed by atoms with Gasteiger partial charge in [-0.05, 0) is 36.4 Å². The molecule has 0 aliphatic carbocycles. The molecule has 23 heavy (non-hydrogen) atoms. The van der Waals surface area contributed by atoms with Gasteiger partial charge in [0.2, 0.25) is 5.91 Å². The van der Waals surface area contributed by atoms with Crippen molar-refractivity contribution in [3.8, 4) is 0 Å². The summed E-state index contributed by atoms with van der Waals surface area (Å²) < 4.78 is 8.24. The van der Waals surface area contributed by atoms with Crippen LogP contribution in [0.5, 0.6) is 0 Å². The van der Waals surface area contributed by atoms with Crippen LogP contribution < -0.4 is 10.6 Å². The van der Waals surface area contributed by atoms with Gasteiger partial charge in [0, 0.05) is 23.4 Å². The number of nitrogens with one attached hydrogen (secondary N) is 2. The third-order valence-corrected chi connectivity index (χ3v) is 3.80. The van der Waals surface area contributed by atoms with Gasteiger partial charge in [0.25, 0.3) is 5.91 Å². The van der Waals surface area contributed by atoms with Gasteiger partial charge in [0.05, 0.1) is 11.7 Å². The SMILES string of the molecule is CCC(=O)Nc1cccc(NC(=O)c2ccc3nsnc3c2)c1. The second-order valence-electron chi connectivity index (χ2n) is 4.90. The van der Waals surface area contributed by atoms with E-state index in [4.69, 9.17) is 0 Å². The zero-order valence-corrected chi connectivity index (χ0v) is 13.2. The molecule has 0 unspecified atom stereocenters. The summed E-state index contributed by atoms with van der Waals surface area (Å²) in [5.74, 6) is -0.311. The van der Waals surface area contributed by atoms with Gasteiger partial charge in [0.1, 0.15) is 11.0 Å². The molecule has 0 saturated carbocycles. The van der Waals surface area contributed by atoms with Gasteiger partial charge in [-0.3, -0.25) is 9.59 Å². The van der Waals surface area contributed by atoms with Crippen LogP contribution in [-0.4, -0.2) is 20.6 Å². The Labute approximate surface area is 136 Å². The summed E-state index contributed by atoms with van der Waals surface area (Å²) in [6.07, 6.45) is 0.401. The minimum absolute atomic E-state index is 0.0741. The van der Waals surface area contributed by atoms with Gasteiger partial charge >= 0.3 is 0 Å².